The molecule has 0 bridgehead atoms. The van der Waals surface area contributed by atoms with Crippen molar-refractivity contribution in [3.05, 3.63) is 24.0 Å². The lowest BCUT2D eigenvalue weighted by Crippen LogP contribution is -2.31. The molecular formula is C13H23N3. The summed E-state index contributed by atoms with van der Waals surface area (Å²) in [7, 11) is 0. The average molecular weight is 221 g/mol. The van der Waals surface area contributed by atoms with Gasteiger partial charge in [-0.05, 0) is 51.0 Å². The van der Waals surface area contributed by atoms with Crippen molar-refractivity contribution in [2.24, 2.45) is 5.73 Å². The second-order valence-electron chi connectivity index (χ2n) is 4.67. The summed E-state index contributed by atoms with van der Waals surface area (Å²) in [5.41, 5.74) is 7.07. The molecule has 0 spiro atoms. The van der Waals surface area contributed by atoms with E-state index in [0.29, 0.717) is 6.04 Å². The van der Waals surface area contributed by atoms with Crippen LogP contribution >= 0.6 is 0 Å². The van der Waals surface area contributed by atoms with Gasteiger partial charge in [-0.15, -0.1) is 0 Å². The van der Waals surface area contributed by atoms with E-state index < -0.39 is 0 Å². The number of nitrogens with two attached hydrogens (primary N) is 1. The minimum Gasteiger partial charge on any atom is -0.364 e. The maximum atomic E-state index is 5.74. The van der Waals surface area contributed by atoms with Crippen LogP contribution in [-0.4, -0.2) is 29.5 Å². The summed E-state index contributed by atoms with van der Waals surface area (Å²) in [5, 5.41) is 0. The van der Waals surface area contributed by atoms with Crippen LogP contribution in [0.1, 0.15) is 43.8 Å². The summed E-state index contributed by atoms with van der Waals surface area (Å²) >= 11 is 0. The molecule has 1 aliphatic heterocycles. The largest absolute Gasteiger partial charge is 0.364 e. The Morgan fingerprint density at radius 1 is 1.25 bits per heavy atom. The molecule has 1 saturated heterocycles. The van der Waals surface area contributed by atoms with Gasteiger partial charge in [-0.25, -0.2) is 0 Å². The van der Waals surface area contributed by atoms with Gasteiger partial charge in [0.05, 0.1) is 6.04 Å². The van der Waals surface area contributed by atoms with Gasteiger partial charge < -0.3 is 10.7 Å². The average Bonchev–Trinajstić information content (AvgIpc) is 2.69. The minimum absolute atomic E-state index is 0.498. The third kappa shape index (κ3) is 2.86. The monoisotopic (exact) mass is 221 g/mol. The molecule has 90 valence electrons. The predicted octanol–water partition coefficient (Wildman–Crippen LogP) is 2.28. The highest BCUT2D eigenvalue weighted by Gasteiger charge is 2.21. The molecule has 1 atom stereocenters. The zero-order valence-electron chi connectivity index (χ0n) is 9.99. The third-order valence-electron chi connectivity index (χ3n) is 3.50. The highest BCUT2D eigenvalue weighted by Crippen LogP contribution is 2.25. The molecule has 0 radical (unpaired) electrons. The quantitative estimate of drug-likeness (QED) is 0.819. The van der Waals surface area contributed by atoms with Crippen molar-refractivity contribution in [3.8, 4) is 0 Å². The molecule has 3 N–H and O–H groups in total. The molecule has 2 heterocycles. The normalized spacial score (nSPS) is 20.6. The Bertz CT molecular complexity index is 273. The minimum atomic E-state index is 0.498. The van der Waals surface area contributed by atoms with Crippen LogP contribution in [0.15, 0.2) is 18.3 Å². The molecule has 1 aliphatic rings. The highest BCUT2D eigenvalue weighted by atomic mass is 15.2. The van der Waals surface area contributed by atoms with Crippen LogP contribution in [0.3, 0.4) is 0 Å². The Labute approximate surface area is 98.0 Å². The number of aromatic nitrogens is 1. The van der Waals surface area contributed by atoms with Crippen molar-refractivity contribution in [3.63, 3.8) is 0 Å². The van der Waals surface area contributed by atoms with E-state index in [4.69, 9.17) is 5.73 Å². The van der Waals surface area contributed by atoms with Gasteiger partial charge in [-0.2, -0.15) is 0 Å². The Morgan fingerprint density at radius 3 is 2.56 bits per heavy atom. The van der Waals surface area contributed by atoms with E-state index in [0.717, 1.165) is 13.0 Å². The number of nitrogens with zero attached hydrogens (tertiary/aromatic N) is 1. The number of aromatic amines is 1. The maximum absolute atomic E-state index is 5.74. The first-order chi connectivity index (χ1) is 7.92. The molecule has 16 heavy (non-hydrogen) atoms. The Kier molecular flexibility index (Phi) is 4.43. The molecular weight excluding hydrogens is 198 g/mol. The molecule has 1 fully saturated rings. The standard InChI is InChI=1S/C13H23N3/c14-8-7-13(12-6-5-9-15-12)16-10-3-1-2-4-11-16/h5-6,9,13,15H,1-4,7-8,10-11,14H2. The van der Waals surface area contributed by atoms with Crippen molar-refractivity contribution in [1.29, 1.82) is 0 Å². The number of hydrogen-bond donors (Lipinski definition) is 2. The summed E-state index contributed by atoms with van der Waals surface area (Å²) in [4.78, 5) is 5.95. The van der Waals surface area contributed by atoms with Gasteiger partial charge in [0.15, 0.2) is 0 Å². The van der Waals surface area contributed by atoms with E-state index in [1.807, 2.05) is 6.20 Å². The van der Waals surface area contributed by atoms with Gasteiger partial charge in [0.1, 0.15) is 0 Å². The van der Waals surface area contributed by atoms with Crippen LogP contribution in [-0.2, 0) is 0 Å². The van der Waals surface area contributed by atoms with Gasteiger partial charge >= 0.3 is 0 Å². The number of rotatable bonds is 4. The summed E-state index contributed by atoms with van der Waals surface area (Å²) in [6.07, 6.45) is 8.51. The Hall–Kier alpha value is -0.800. The predicted molar refractivity (Wildman–Crippen MR) is 67.2 cm³/mol. The summed E-state index contributed by atoms with van der Waals surface area (Å²) in [6, 6.07) is 4.76. The van der Waals surface area contributed by atoms with Crippen molar-refractivity contribution >= 4 is 0 Å². The van der Waals surface area contributed by atoms with Gasteiger partial charge in [0.2, 0.25) is 0 Å². The summed E-state index contributed by atoms with van der Waals surface area (Å²) in [5.74, 6) is 0. The van der Waals surface area contributed by atoms with Crippen LogP contribution in [0.25, 0.3) is 0 Å². The van der Waals surface area contributed by atoms with E-state index in [-0.39, 0.29) is 0 Å². The molecule has 1 unspecified atom stereocenters. The van der Waals surface area contributed by atoms with Crippen molar-refractivity contribution < 1.29 is 0 Å². The van der Waals surface area contributed by atoms with Crippen molar-refractivity contribution in [2.75, 3.05) is 19.6 Å². The van der Waals surface area contributed by atoms with Crippen LogP contribution in [0.5, 0.6) is 0 Å². The van der Waals surface area contributed by atoms with E-state index >= 15 is 0 Å². The Balaban J connectivity index is 2.05. The fourth-order valence-electron chi connectivity index (χ4n) is 2.65. The van der Waals surface area contributed by atoms with Gasteiger partial charge in [-0.3, -0.25) is 4.90 Å². The third-order valence-corrected chi connectivity index (χ3v) is 3.50. The van der Waals surface area contributed by atoms with Gasteiger partial charge in [0, 0.05) is 11.9 Å². The molecule has 0 aliphatic carbocycles. The molecule has 3 heteroatoms. The SMILES string of the molecule is NCCC(c1ccc[nH]1)N1CCCCCC1. The fourth-order valence-corrected chi connectivity index (χ4v) is 2.65. The Morgan fingerprint density at radius 2 is 2.00 bits per heavy atom. The van der Waals surface area contributed by atoms with Crippen molar-refractivity contribution in [1.82, 2.24) is 9.88 Å². The topological polar surface area (TPSA) is 45.1 Å². The molecule has 0 aromatic carbocycles. The smallest absolute Gasteiger partial charge is 0.0510 e. The molecule has 0 saturated carbocycles. The molecule has 2 rings (SSSR count). The zero-order valence-corrected chi connectivity index (χ0v) is 9.99. The lowest BCUT2D eigenvalue weighted by molar-refractivity contribution is 0.193. The van der Waals surface area contributed by atoms with Gasteiger partial charge in [0.25, 0.3) is 0 Å². The van der Waals surface area contributed by atoms with Crippen LogP contribution < -0.4 is 5.73 Å². The first-order valence-electron chi connectivity index (χ1n) is 6.49. The summed E-state index contributed by atoms with van der Waals surface area (Å²) in [6.45, 7) is 3.22. The number of hydrogen-bond acceptors (Lipinski definition) is 2. The zero-order chi connectivity index (χ0) is 11.2. The number of nitrogens with one attached hydrogen (secondary N) is 1. The lowest BCUT2D eigenvalue weighted by atomic mass is 10.1. The molecule has 0 amide bonds. The van der Waals surface area contributed by atoms with E-state index in [2.05, 4.69) is 22.0 Å². The van der Waals surface area contributed by atoms with E-state index in [9.17, 15) is 0 Å². The fraction of sp³-hybridized carbons (Fsp3) is 0.692. The second-order valence-corrected chi connectivity index (χ2v) is 4.67. The van der Waals surface area contributed by atoms with Crippen LogP contribution in [0, 0.1) is 0 Å². The highest BCUT2D eigenvalue weighted by molar-refractivity contribution is 5.09. The van der Waals surface area contributed by atoms with Crippen LogP contribution in [0.2, 0.25) is 0 Å². The molecule has 3 nitrogen and oxygen atoms in total. The van der Waals surface area contributed by atoms with Crippen molar-refractivity contribution in [2.45, 2.75) is 38.1 Å². The second kappa shape index (κ2) is 6.06. The van der Waals surface area contributed by atoms with E-state index in [1.54, 1.807) is 0 Å². The first kappa shape index (κ1) is 11.7. The van der Waals surface area contributed by atoms with Gasteiger partial charge in [-0.1, -0.05) is 12.8 Å². The lowest BCUT2D eigenvalue weighted by Gasteiger charge is -2.29. The van der Waals surface area contributed by atoms with Crippen LogP contribution in [0.4, 0.5) is 0 Å². The number of likely N-dealkylation sites (tertiary alicyclic amines) is 1. The maximum Gasteiger partial charge on any atom is 0.0510 e. The van der Waals surface area contributed by atoms with E-state index in [1.165, 1.54) is 44.5 Å². The number of H-pyrrole nitrogens is 1. The first-order valence-corrected chi connectivity index (χ1v) is 6.49. The molecule has 1 aromatic heterocycles. The summed E-state index contributed by atoms with van der Waals surface area (Å²) < 4.78 is 0. The molecule has 1 aromatic rings.